The van der Waals surface area contributed by atoms with Gasteiger partial charge < -0.3 is 18.9 Å². The lowest BCUT2D eigenvalue weighted by Crippen LogP contribution is -2.50. The van der Waals surface area contributed by atoms with Crippen LogP contribution in [0.25, 0.3) is 0 Å². The van der Waals surface area contributed by atoms with Crippen LogP contribution in [0.15, 0.2) is 18.2 Å². The molecule has 1 amide bonds. The van der Waals surface area contributed by atoms with E-state index in [1.165, 1.54) is 4.90 Å². The van der Waals surface area contributed by atoms with Crippen molar-refractivity contribution in [2.24, 2.45) is 0 Å². The van der Waals surface area contributed by atoms with Crippen molar-refractivity contribution in [3.8, 4) is 11.5 Å². The molecule has 7 heteroatoms. The van der Waals surface area contributed by atoms with E-state index >= 15 is 0 Å². The van der Waals surface area contributed by atoms with Gasteiger partial charge >= 0.3 is 12.1 Å². The number of rotatable bonds is 6. The Balaban J connectivity index is 1.92. The fourth-order valence-electron chi connectivity index (χ4n) is 3.12. The Morgan fingerprint density at radius 2 is 1.82 bits per heavy atom. The number of hydrogen-bond acceptors (Lipinski definition) is 6. The van der Waals surface area contributed by atoms with Crippen LogP contribution in [0, 0.1) is 0 Å². The van der Waals surface area contributed by atoms with Crippen molar-refractivity contribution in [3.63, 3.8) is 0 Å². The third kappa shape index (κ3) is 6.04. The van der Waals surface area contributed by atoms with Gasteiger partial charge in [-0.3, -0.25) is 4.90 Å². The summed E-state index contributed by atoms with van der Waals surface area (Å²) in [6.45, 7) is 6.17. The Hall–Kier alpha value is -2.44. The normalized spacial score (nSPS) is 17.0. The monoisotopic (exact) mass is 393 g/mol. The number of piperidine rings is 1. The quantitative estimate of drug-likeness (QED) is 0.688. The Kier molecular flexibility index (Phi) is 7.54. The zero-order chi connectivity index (χ0) is 20.7. The number of carbonyl (C=O) groups is 2. The van der Waals surface area contributed by atoms with Crippen LogP contribution in [0.3, 0.4) is 0 Å². The van der Waals surface area contributed by atoms with Gasteiger partial charge in [-0.1, -0.05) is 6.07 Å². The van der Waals surface area contributed by atoms with Crippen molar-refractivity contribution in [2.75, 3.05) is 27.4 Å². The molecule has 0 radical (unpaired) electrons. The summed E-state index contributed by atoms with van der Waals surface area (Å²) in [6, 6.07) is 5.00. The summed E-state index contributed by atoms with van der Waals surface area (Å²) >= 11 is 0. The van der Waals surface area contributed by atoms with E-state index in [-0.39, 0.29) is 12.6 Å². The summed E-state index contributed by atoms with van der Waals surface area (Å²) in [5.74, 6) is 0.902. The molecule has 156 valence electrons. The van der Waals surface area contributed by atoms with E-state index < -0.39 is 17.7 Å². The van der Waals surface area contributed by atoms with E-state index in [2.05, 4.69) is 0 Å². The molecular formula is C21H31NO6. The second-order valence-corrected chi connectivity index (χ2v) is 7.79. The molecule has 0 bridgehead atoms. The number of methoxy groups -OCH3 is 2. The summed E-state index contributed by atoms with van der Waals surface area (Å²) in [4.78, 5) is 26.5. The zero-order valence-corrected chi connectivity index (χ0v) is 17.4. The summed E-state index contributed by atoms with van der Waals surface area (Å²) in [5.41, 5.74) is 0.370. The number of carbonyl (C=O) groups excluding carboxylic acids is 2. The minimum Gasteiger partial charge on any atom is -0.493 e. The van der Waals surface area contributed by atoms with E-state index in [1.54, 1.807) is 14.2 Å². The highest BCUT2D eigenvalue weighted by atomic mass is 16.6. The third-order valence-corrected chi connectivity index (χ3v) is 4.49. The van der Waals surface area contributed by atoms with Crippen LogP contribution in [0.2, 0.25) is 0 Å². The molecule has 0 spiro atoms. The molecule has 0 N–H and O–H groups in total. The van der Waals surface area contributed by atoms with E-state index in [0.29, 0.717) is 30.9 Å². The topological polar surface area (TPSA) is 74.3 Å². The molecule has 28 heavy (non-hydrogen) atoms. The van der Waals surface area contributed by atoms with E-state index in [4.69, 9.17) is 18.9 Å². The lowest BCUT2D eigenvalue weighted by molar-refractivity contribution is -0.151. The summed E-state index contributed by atoms with van der Waals surface area (Å²) in [6.07, 6.45) is 2.41. The van der Waals surface area contributed by atoms with Gasteiger partial charge in [-0.2, -0.15) is 0 Å². The molecule has 1 heterocycles. The molecule has 1 aromatic rings. The van der Waals surface area contributed by atoms with E-state index in [9.17, 15) is 9.59 Å². The maximum absolute atomic E-state index is 12.6. The first kappa shape index (κ1) is 21.9. The lowest BCUT2D eigenvalue weighted by atomic mass is 10.0. The van der Waals surface area contributed by atoms with Crippen molar-refractivity contribution in [3.05, 3.63) is 23.8 Å². The van der Waals surface area contributed by atoms with Gasteiger partial charge in [0.15, 0.2) is 11.5 Å². The van der Waals surface area contributed by atoms with Crippen LogP contribution in [0.1, 0.15) is 45.6 Å². The first-order valence-electron chi connectivity index (χ1n) is 9.62. The summed E-state index contributed by atoms with van der Waals surface area (Å²) < 4.78 is 21.4. The first-order valence-corrected chi connectivity index (χ1v) is 9.62. The molecule has 1 atom stereocenters. The number of benzene rings is 1. The Labute approximate surface area is 166 Å². The fourth-order valence-corrected chi connectivity index (χ4v) is 3.12. The fraction of sp³-hybridized carbons (Fsp3) is 0.619. The molecule has 0 saturated carbocycles. The summed E-state index contributed by atoms with van der Waals surface area (Å²) in [7, 11) is 3.16. The maximum Gasteiger partial charge on any atom is 0.411 e. The van der Waals surface area contributed by atoms with Crippen LogP contribution in [-0.2, 0) is 20.7 Å². The second kappa shape index (κ2) is 9.66. The number of nitrogens with zero attached hydrogens (tertiary/aromatic N) is 1. The first-order chi connectivity index (χ1) is 13.2. The Morgan fingerprint density at radius 3 is 2.46 bits per heavy atom. The van der Waals surface area contributed by atoms with Crippen LogP contribution in [0.5, 0.6) is 11.5 Å². The number of esters is 1. The number of hydrogen-bond donors (Lipinski definition) is 0. The van der Waals surface area contributed by atoms with E-state index in [0.717, 1.165) is 18.4 Å². The Morgan fingerprint density at radius 1 is 1.11 bits per heavy atom. The van der Waals surface area contributed by atoms with Crippen molar-refractivity contribution in [2.45, 2.75) is 58.1 Å². The molecule has 2 rings (SSSR count). The molecule has 0 unspecified atom stereocenters. The van der Waals surface area contributed by atoms with Crippen molar-refractivity contribution < 1.29 is 28.5 Å². The predicted molar refractivity (Wildman–Crippen MR) is 105 cm³/mol. The number of likely N-dealkylation sites (tertiary alicyclic amines) is 1. The molecule has 7 nitrogen and oxygen atoms in total. The second-order valence-electron chi connectivity index (χ2n) is 7.79. The SMILES string of the molecule is COc1ccc(CCOC(=O)[C@@H]2CCCCN2C(=O)OC(C)(C)C)cc1OC. The van der Waals surface area contributed by atoms with E-state index in [1.807, 2.05) is 39.0 Å². The summed E-state index contributed by atoms with van der Waals surface area (Å²) in [5, 5.41) is 0. The predicted octanol–water partition coefficient (Wildman–Crippen LogP) is 3.58. The van der Waals surface area contributed by atoms with Crippen molar-refractivity contribution in [1.82, 2.24) is 4.90 Å². The van der Waals surface area contributed by atoms with Crippen molar-refractivity contribution >= 4 is 12.1 Å². The number of ether oxygens (including phenoxy) is 4. The lowest BCUT2D eigenvalue weighted by Gasteiger charge is -2.35. The van der Waals surface area contributed by atoms with Gasteiger partial charge in [-0.25, -0.2) is 9.59 Å². The smallest absolute Gasteiger partial charge is 0.411 e. The van der Waals surface area contributed by atoms with Gasteiger partial charge in [0.2, 0.25) is 0 Å². The number of amides is 1. The standard InChI is InChI=1S/C21H31NO6/c1-21(2,3)28-20(24)22-12-7-6-8-16(22)19(23)27-13-11-15-9-10-17(25-4)18(14-15)26-5/h9-10,14,16H,6-8,11-13H2,1-5H3/t16-/m0/s1. The van der Waals surface area contributed by atoms with Crippen LogP contribution in [0.4, 0.5) is 4.79 Å². The minimum atomic E-state index is -0.601. The zero-order valence-electron chi connectivity index (χ0n) is 17.4. The van der Waals surface area contributed by atoms with Crippen LogP contribution >= 0.6 is 0 Å². The average molecular weight is 393 g/mol. The van der Waals surface area contributed by atoms with Gasteiger partial charge in [-0.05, 0) is 57.7 Å². The van der Waals surface area contributed by atoms with Crippen LogP contribution in [-0.4, -0.2) is 56.0 Å². The molecule has 1 saturated heterocycles. The highest BCUT2D eigenvalue weighted by Crippen LogP contribution is 2.28. The van der Waals surface area contributed by atoms with Gasteiger partial charge in [0.05, 0.1) is 20.8 Å². The molecule has 0 aliphatic carbocycles. The molecule has 1 aliphatic heterocycles. The third-order valence-electron chi connectivity index (χ3n) is 4.49. The molecule has 0 aromatic heterocycles. The minimum absolute atomic E-state index is 0.229. The van der Waals surface area contributed by atoms with Crippen molar-refractivity contribution in [1.29, 1.82) is 0 Å². The van der Waals surface area contributed by atoms with Gasteiger partial charge in [-0.15, -0.1) is 0 Å². The average Bonchev–Trinajstić information content (AvgIpc) is 2.66. The molecule has 1 fully saturated rings. The van der Waals surface area contributed by atoms with Gasteiger partial charge in [0, 0.05) is 13.0 Å². The van der Waals surface area contributed by atoms with Gasteiger partial charge in [0.25, 0.3) is 0 Å². The largest absolute Gasteiger partial charge is 0.493 e. The maximum atomic E-state index is 12.6. The highest BCUT2D eigenvalue weighted by molar-refractivity contribution is 5.81. The van der Waals surface area contributed by atoms with Gasteiger partial charge in [0.1, 0.15) is 11.6 Å². The Bertz CT molecular complexity index is 682. The molecule has 1 aliphatic rings. The van der Waals surface area contributed by atoms with Crippen LogP contribution < -0.4 is 9.47 Å². The molecule has 1 aromatic carbocycles. The highest BCUT2D eigenvalue weighted by Gasteiger charge is 2.35. The molecular weight excluding hydrogens is 362 g/mol.